The van der Waals surface area contributed by atoms with Crippen LogP contribution in [0.15, 0.2) is 12.0 Å². The number of carbonyl (C=O) groups excluding carboxylic acids is 1. The lowest BCUT2D eigenvalue weighted by atomic mass is 10.4. The van der Waals surface area contributed by atoms with Gasteiger partial charge in [-0.3, -0.25) is 4.79 Å². The van der Waals surface area contributed by atoms with Crippen molar-refractivity contribution >= 4 is 5.91 Å². The van der Waals surface area contributed by atoms with E-state index in [0.717, 1.165) is 13.0 Å². The van der Waals surface area contributed by atoms with E-state index in [2.05, 4.69) is 6.92 Å². The minimum absolute atomic E-state index is 0.262. The molecule has 4 nitrogen and oxygen atoms in total. The molecular weight excluding hydrogens is 144 g/mol. The minimum Gasteiger partial charge on any atom is -0.466 e. The third kappa shape index (κ3) is 1.86. The van der Waals surface area contributed by atoms with Crippen molar-refractivity contribution in [3.8, 4) is 0 Å². The van der Waals surface area contributed by atoms with Gasteiger partial charge in [0.1, 0.15) is 0 Å². The fourth-order valence-electron chi connectivity index (χ4n) is 0.944. The Labute approximate surface area is 65.6 Å². The number of carbonyl (C=O) groups is 1. The SMILES string of the molecule is CCCN1C=C(C(N)=O)OC1. The molecule has 1 aliphatic heterocycles. The Hall–Kier alpha value is -1.19. The van der Waals surface area contributed by atoms with Crippen LogP contribution in [-0.2, 0) is 9.53 Å². The second-order valence-corrected chi connectivity index (χ2v) is 2.44. The van der Waals surface area contributed by atoms with Crippen molar-refractivity contribution in [3.63, 3.8) is 0 Å². The first-order chi connectivity index (χ1) is 5.24. The Morgan fingerprint density at radius 3 is 3.09 bits per heavy atom. The molecule has 0 fully saturated rings. The molecule has 2 N–H and O–H groups in total. The topological polar surface area (TPSA) is 55.6 Å². The number of nitrogens with zero attached hydrogens (tertiary/aromatic N) is 1. The summed E-state index contributed by atoms with van der Waals surface area (Å²) in [7, 11) is 0. The van der Waals surface area contributed by atoms with Crippen molar-refractivity contribution in [2.24, 2.45) is 5.73 Å². The molecule has 0 aromatic heterocycles. The Morgan fingerprint density at radius 1 is 1.91 bits per heavy atom. The summed E-state index contributed by atoms with van der Waals surface area (Å²) in [4.78, 5) is 12.5. The highest BCUT2D eigenvalue weighted by Crippen LogP contribution is 2.09. The summed E-state index contributed by atoms with van der Waals surface area (Å²) in [5.41, 5.74) is 5.00. The molecule has 0 atom stereocenters. The van der Waals surface area contributed by atoms with Gasteiger partial charge in [-0.05, 0) is 6.42 Å². The van der Waals surface area contributed by atoms with Gasteiger partial charge in [0.2, 0.25) is 5.76 Å². The maximum absolute atomic E-state index is 10.6. The van der Waals surface area contributed by atoms with Gasteiger partial charge in [0.25, 0.3) is 5.91 Å². The first kappa shape index (κ1) is 7.91. The number of hydrogen-bond acceptors (Lipinski definition) is 3. The van der Waals surface area contributed by atoms with E-state index in [1.807, 2.05) is 4.90 Å². The molecule has 4 heteroatoms. The number of amides is 1. The van der Waals surface area contributed by atoms with Crippen molar-refractivity contribution < 1.29 is 9.53 Å². The molecule has 0 saturated carbocycles. The van der Waals surface area contributed by atoms with E-state index < -0.39 is 5.91 Å². The van der Waals surface area contributed by atoms with Crippen LogP contribution in [0, 0.1) is 0 Å². The summed E-state index contributed by atoms with van der Waals surface area (Å²) < 4.78 is 4.99. The molecule has 0 unspecified atom stereocenters. The molecule has 0 radical (unpaired) electrons. The molecule has 62 valence electrons. The van der Waals surface area contributed by atoms with Crippen LogP contribution in [0.1, 0.15) is 13.3 Å². The third-order valence-corrected chi connectivity index (χ3v) is 1.44. The van der Waals surface area contributed by atoms with E-state index in [1.54, 1.807) is 6.20 Å². The zero-order valence-corrected chi connectivity index (χ0v) is 6.54. The highest BCUT2D eigenvalue weighted by Gasteiger charge is 2.16. The standard InChI is InChI=1S/C7H12N2O2/c1-2-3-9-4-6(7(8)10)11-5-9/h4H,2-3,5H2,1H3,(H2,8,10). The van der Waals surface area contributed by atoms with E-state index in [1.165, 1.54) is 0 Å². The van der Waals surface area contributed by atoms with E-state index >= 15 is 0 Å². The average Bonchev–Trinajstić information content (AvgIpc) is 2.37. The van der Waals surface area contributed by atoms with Crippen molar-refractivity contribution in [1.29, 1.82) is 0 Å². The van der Waals surface area contributed by atoms with Crippen LogP contribution in [0.3, 0.4) is 0 Å². The second kappa shape index (κ2) is 3.27. The second-order valence-electron chi connectivity index (χ2n) is 2.44. The predicted molar refractivity (Wildman–Crippen MR) is 40.2 cm³/mol. The highest BCUT2D eigenvalue weighted by molar-refractivity contribution is 5.89. The van der Waals surface area contributed by atoms with Gasteiger partial charge in [0, 0.05) is 6.54 Å². The molecule has 0 aromatic rings. The summed E-state index contributed by atoms with van der Waals surface area (Å²) in [6, 6.07) is 0. The monoisotopic (exact) mass is 156 g/mol. The van der Waals surface area contributed by atoms with Gasteiger partial charge in [-0.15, -0.1) is 0 Å². The van der Waals surface area contributed by atoms with Gasteiger partial charge in [-0.25, -0.2) is 0 Å². The number of nitrogens with two attached hydrogens (primary N) is 1. The summed E-state index contributed by atoms with van der Waals surface area (Å²) >= 11 is 0. The van der Waals surface area contributed by atoms with E-state index in [-0.39, 0.29) is 5.76 Å². The molecule has 0 bridgehead atoms. The Kier molecular flexibility index (Phi) is 2.36. The van der Waals surface area contributed by atoms with E-state index in [0.29, 0.717) is 6.73 Å². The van der Waals surface area contributed by atoms with Crippen LogP contribution in [-0.4, -0.2) is 24.1 Å². The molecule has 1 amide bonds. The van der Waals surface area contributed by atoms with Crippen LogP contribution < -0.4 is 5.73 Å². The molecule has 1 heterocycles. The predicted octanol–water partition coefficient (Wildman–Crippen LogP) is 0.0128. The smallest absolute Gasteiger partial charge is 0.285 e. The van der Waals surface area contributed by atoms with Crippen LogP contribution >= 0.6 is 0 Å². The molecule has 0 aromatic carbocycles. The van der Waals surface area contributed by atoms with E-state index in [9.17, 15) is 4.79 Å². The summed E-state index contributed by atoms with van der Waals surface area (Å²) in [5, 5.41) is 0. The largest absolute Gasteiger partial charge is 0.466 e. The summed E-state index contributed by atoms with van der Waals surface area (Å²) in [6.45, 7) is 3.42. The lowest BCUT2D eigenvalue weighted by Gasteiger charge is -2.10. The molecule has 0 saturated heterocycles. The maximum atomic E-state index is 10.6. The summed E-state index contributed by atoms with van der Waals surface area (Å²) in [6.07, 6.45) is 2.69. The normalized spacial score (nSPS) is 16.1. The Balaban J connectivity index is 2.47. The lowest BCUT2D eigenvalue weighted by molar-refractivity contribution is -0.117. The van der Waals surface area contributed by atoms with Gasteiger partial charge in [0.05, 0.1) is 6.20 Å². The quantitative estimate of drug-likeness (QED) is 0.626. The first-order valence-electron chi connectivity index (χ1n) is 3.62. The molecular formula is C7H12N2O2. The fraction of sp³-hybridized carbons (Fsp3) is 0.571. The van der Waals surface area contributed by atoms with Gasteiger partial charge in [0.15, 0.2) is 6.73 Å². The molecule has 1 aliphatic rings. The zero-order valence-electron chi connectivity index (χ0n) is 6.54. The number of hydrogen-bond donors (Lipinski definition) is 1. The highest BCUT2D eigenvalue weighted by atomic mass is 16.5. The summed E-state index contributed by atoms with van der Waals surface area (Å²) in [5.74, 6) is -0.234. The Bertz CT molecular complexity index is 189. The molecule has 0 spiro atoms. The molecule has 1 rings (SSSR count). The lowest BCUT2D eigenvalue weighted by Crippen LogP contribution is -2.15. The molecule has 0 aliphatic carbocycles. The van der Waals surface area contributed by atoms with Crippen LogP contribution in [0.25, 0.3) is 0 Å². The van der Waals surface area contributed by atoms with Gasteiger partial charge < -0.3 is 15.4 Å². The maximum Gasteiger partial charge on any atom is 0.285 e. The van der Waals surface area contributed by atoms with Gasteiger partial charge in [-0.2, -0.15) is 0 Å². The first-order valence-corrected chi connectivity index (χ1v) is 3.62. The van der Waals surface area contributed by atoms with Crippen molar-refractivity contribution in [1.82, 2.24) is 4.90 Å². The van der Waals surface area contributed by atoms with Crippen molar-refractivity contribution in [2.45, 2.75) is 13.3 Å². The number of primary amides is 1. The average molecular weight is 156 g/mol. The number of rotatable bonds is 3. The molecule has 11 heavy (non-hydrogen) atoms. The Morgan fingerprint density at radius 2 is 2.64 bits per heavy atom. The van der Waals surface area contributed by atoms with Crippen molar-refractivity contribution in [2.75, 3.05) is 13.3 Å². The van der Waals surface area contributed by atoms with Gasteiger partial charge in [-0.1, -0.05) is 6.92 Å². The minimum atomic E-state index is -0.497. The van der Waals surface area contributed by atoms with Crippen LogP contribution in [0.4, 0.5) is 0 Å². The fourth-order valence-corrected chi connectivity index (χ4v) is 0.944. The van der Waals surface area contributed by atoms with Crippen LogP contribution in [0.2, 0.25) is 0 Å². The van der Waals surface area contributed by atoms with Crippen LogP contribution in [0.5, 0.6) is 0 Å². The van der Waals surface area contributed by atoms with Gasteiger partial charge >= 0.3 is 0 Å². The number of ether oxygens (including phenoxy) is 1. The zero-order chi connectivity index (χ0) is 8.27. The third-order valence-electron chi connectivity index (χ3n) is 1.44. The van der Waals surface area contributed by atoms with Crippen molar-refractivity contribution in [3.05, 3.63) is 12.0 Å². The van der Waals surface area contributed by atoms with E-state index in [4.69, 9.17) is 10.5 Å².